The highest BCUT2D eigenvalue weighted by Crippen LogP contribution is 2.44. The third-order valence-electron chi connectivity index (χ3n) is 5.99. The number of carbonyl (C=O) groups excluding carboxylic acids is 1. The lowest BCUT2D eigenvalue weighted by molar-refractivity contribution is 0.0993. The van der Waals surface area contributed by atoms with Crippen molar-refractivity contribution in [3.63, 3.8) is 0 Å². The van der Waals surface area contributed by atoms with Crippen LogP contribution in [0.4, 0.5) is 5.69 Å². The van der Waals surface area contributed by atoms with Crippen molar-refractivity contribution in [3.8, 4) is 11.4 Å². The number of aryl methyl sites for hydroxylation is 2. The number of hydrogen-bond acceptors (Lipinski definition) is 3. The maximum absolute atomic E-state index is 13.7. The number of rotatable bonds is 3. The highest BCUT2D eigenvalue weighted by molar-refractivity contribution is 6.30. The Morgan fingerprint density at radius 1 is 1.00 bits per heavy atom. The van der Waals surface area contributed by atoms with Crippen LogP contribution >= 0.6 is 11.6 Å². The van der Waals surface area contributed by atoms with E-state index < -0.39 is 0 Å². The molecule has 1 unspecified atom stereocenters. The van der Waals surface area contributed by atoms with Gasteiger partial charge in [-0.25, -0.2) is 0 Å². The number of amides is 1. The van der Waals surface area contributed by atoms with Crippen molar-refractivity contribution in [1.82, 2.24) is 14.1 Å². The van der Waals surface area contributed by atoms with Gasteiger partial charge in [0, 0.05) is 37.1 Å². The van der Waals surface area contributed by atoms with Crippen molar-refractivity contribution < 1.29 is 4.79 Å². The molecule has 4 aromatic rings. The molecule has 0 saturated heterocycles. The Labute approximate surface area is 190 Å². The zero-order valence-electron chi connectivity index (χ0n) is 17.9. The second-order valence-electron chi connectivity index (χ2n) is 8.03. The van der Waals surface area contributed by atoms with Crippen molar-refractivity contribution in [2.24, 2.45) is 14.1 Å². The fourth-order valence-corrected chi connectivity index (χ4v) is 4.58. The van der Waals surface area contributed by atoms with Gasteiger partial charge in [-0.1, -0.05) is 29.8 Å². The highest BCUT2D eigenvalue weighted by Gasteiger charge is 2.42. The number of aromatic nitrogens is 3. The molecule has 1 aliphatic rings. The molecule has 3 aromatic heterocycles. The molecule has 1 aromatic carbocycles. The molecule has 7 heteroatoms. The van der Waals surface area contributed by atoms with Gasteiger partial charge in [0.15, 0.2) is 0 Å². The quantitative estimate of drug-likeness (QED) is 0.467. The first-order valence-electron chi connectivity index (χ1n) is 10.2. The summed E-state index contributed by atoms with van der Waals surface area (Å²) in [6, 6.07) is 16.6. The maximum Gasteiger partial charge on any atom is 0.261 e. The standard InChI is InChI=1S/C25H21ClN4O2/c1-15-12-18(14-28(2)24(15)31)30-22(16-7-9-17(26)10-8-16)23-19(25(30)32)13-21(29(23)3)20-6-4-5-11-27-20/h4-14,22H,1-3H3. The van der Waals surface area contributed by atoms with E-state index in [1.54, 1.807) is 37.3 Å². The van der Waals surface area contributed by atoms with E-state index in [1.165, 1.54) is 4.57 Å². The monoisotopic (exact) mass is 444 g/mol. The number of pyridine rings is 2. The van der Waals surface area contributed by atoms with Crippen LogP contribution in [0.2, 0.25) is 5.02 Å². The van der Waals surface area contributed by atoms with Gasteiger partial charge in [-0.2, -0.15) is 0 Å². The van der Waals surface area contributed by atoms with E-state index in [0.717, 1.165) is 22.6 Å². The third-order valence-corrected chi connectivity index (χ3v) is 6.24. The molecule has 0 N–H and O–H groups in total. The molecule has 160 valence electrons. The number of benzene rings is 1. The fraction of sp³-hybridized carbons (Fsp3) is 0.160. The Morgan fingerprint density at radius 3 is 2.41 bits per heavy atom. The van der Waals surface area contributed by atoms with Crippen molar-refractivity contribution in [2.75, 3.05) is 4.90 Å². The number of carbonyl (C=O) groups is 1. The van der Waals surface area contributed by atoms with Gasteiger partial charge in [0.05, 0.1) is 28.3 Å². The van der Waals surface area contributed by atoms with E-state index >= 15 is 0 Å². The molecule has 0 radical (unpaired) electrons. The van der Waals surface area contributed by atoms with Crippen LogP contribution < -0.4 is 10.5 Å². The smallest absolute Gasteiger partial charge is 0.261 e. The minimum absolute atomic E-state index is 0.0848. The van der Waals surface area contributed by atoms with Crippen LogP contribution in [0.3, 0.4) is 0 Å². The second-order valence-corrected chi connectivity index (χ2v) is 8.47. The first-order chi connectivity index (χ1) is 15.4. The Morgan fingerprint density at radius 2 is 1.75 bits per heavy atom. The van der Waals surface area contributed by atoms with Gasteiger partial charge in [-0.3, -0.25) is 19.5 Å². The van der Waals surface area contributed by atoms with E-state index in [9.17, 15) is 9.59 Å². The lowest BCUT2D eigenvalue weighted by Crippen LogP contribution is -2.31. The number of nitrogens with zero attached hydrogens (tertiary/aromatic N) is 4. The number of hydrogen-bond donors (Lipinski definition) is 0. The summed E-state index contributed by atoms with van der Waals surface area (Å²) in [5, 5.41) is 0.629. The first kappa shape index (κ1) is 20.3. The summed E-state index contributed by atoms with van der Waals surface area (Å²) in [5.41, 5.74) is 5.28. The molecule has 1 atom stereocenters. The Balaban J connectivity index is 1.74. The summed E-state index contributed by atoms with van der Waals surface area (Å²) < 4.78 is 3.54. The van der Waals surface area contributed by atoms with E-state index in [1.807, 2.05) is 60.1 Å². The first-order valence-corrected chi connectivity index (χ1v) is 10.6. The van der Waals surface area contributed by atoms with Gasteiger partial charge in [-0.05, 0) is 48.9 Å². The molecule has 0 aliphatic carbocycles. The summed E-state index contributed by atoms with van der Waals surface area (Å²) in [7, 11) is 3.65. The number of fused-ring (bicyclic) bond motifs is 1. The van der Waals surface area contributed by atoms with Crippen molar-refractivity contribution in [2.45, 2.75) is 13.0 Å². The van der Waals surface area contributed by atoms with Crippen LogP contribution in [0.5, 0.6) is 0 Å². The van der Waals surface area contributed by atoms with Crippen LogP contribution in [-0.2, 0) is 14.1 Å². The molecule has 0 saturated carbocycles. The van der Waals surface area contributed by atoms with Crippen LogP contribution in [0.25, 0.3) is 11.4 Å². The van der Waals surface area contributed by atoms with Gasteiger partial charge in [-0.15, -0.1) is 0 Å². The van der Waals surface area contributed by atoms with Crippen LogP contribution in [-0.4, -0.2) is 20.0 Å². The number of halogens is 1. The Kier molecular flexibility index (Phi) is 4.75. The van der Waals surface area contributed by atoms with E-state index in [-0.39, 0.29) is 17.5 Å². The van der Waals surface area contributed by atoms with E-state index in [0.29, 0.717) is 21.8 Å². The molecule has 0 bridgehead atoms. The SMILES string of the molecule is Cc1cc(N2C(=O)c3cc(-c4ccccn4)n(C)c3C2c2ccc(Cl)cc2)cn(C)c1=O. The summed E-state index contributed by atoms with van der Waals surface area (Å²) in [4.78, 5) is 32.2. The molecular formula is C25H21ClN4O2. The van der Waals surface area contributed by atoms with E-state index in [4.69, 9.17) is 11.6 Å². The molecule has 1 amide bonds. The maximum atomic E-state index is 13.7. The Hall–Kier alpha value is -3.64. The number of anilines is 1. The molecule has 1 aliphatic heterocycles. The average Bonchev–Trinajstić information content (AvgIpc) is 3.27. The Bertz CT molecular complexity index is 1380. The third kappa shape index (κ3) is 3.07. The van der Waals surface area contributed by atoms with Gasteiger partial charge in [0.2, 0.25) is 0 Å². The van der Waals surface area contributed by atoms with Crippen molar-refractivity contribution in [1.29, 1.82) is 0 Å². The summed E-state index contributed by atoms with van der Waals surface area (Å²) in [6.07, 6.45) is 3.45. The molecule has 4 heterocycles. The summed E-state index contributed by atoms with van der Waals surface area (Å²) >= 11 is 6.14. The molecule has 6 nitrogen and oxygen atoms in total. The second kappa shape index (κ2) is 7.50. The lowest BCUT2D eigenvalue weighted by atomic mass is 10.0. The topological polar surface area (TPSA) is 60.1 Å². The van der Waals surface area contributed by atoms with Gasteiger partial charge in [0.1, 0.15) is 6.04 Å². The zero-order chi connectivity index (χ0) is 22.6. The van der Waals surface area contributed by atoms with Gasteiger partial charge >= 0.3 is 0 Å². The van der Waals surface area contributed by atoms with Crippen molar-refractivity contribution >= 4 is 23.2 Å². The van der Waals surface area contributed by atoms with Gasteiger partial charge < -0.3 is 9.13 Å². The van der Waals surface area contributed by atoms with E-state index in [2.05, 4.69) is 4.98 Å². The average molecular weight is 445 g/mol. The highest BCUT2D eigenvalue weighted by atomic mass is 35.5. The largest absolute Gasteiger partial charge is 0.344 e. The molecule has 5 rings (SSSR count). The molecule has 0 spiro atoms. The molecule has 32 heavy (non-hydrogen) atoms. The van der Waals surface area contributed by atoms with Crippen LogP contribution in [0, 0.1) is 6.92 Å². The van der Waals surface area contributed by atoms with Gasteiger partial charge in [0.25, 0.3) is 11.5 Å². The molecular weight excluding hydrogens is 424 g/mol. The normalized spacial score (nSPS) is 15.3. The summed E-state index contributed by atoms with van der Waals surface area (Å²) in [6.45, 7) is 1.76. The molecule has 0 fully saturated rings. The predicted octanol–water partition coefficient (Wildman–Crippen LogP) is 4.50. The minimum Gasteiger partial charge on any atom is -0.344 e. The van der Waals surface area contributed by atoms with Crippen molar-refractivity contribution in [3.05, 3.63) is 105 Å². The van der Waals surface area contributed by atoms with Crippen LogP contribution in [0.15, 0.2) is 71.8 Å². The predicted molar refractivity (Wildman–Crippen MR) is 125 cm³/mol. The van der Waals surface area contributed by atoms with Crippen LogP contribution in [0.1, 0.15) is 33.2 Å². The minimum atomic E-state index is -0.367. The zero-order valence-corrected chi connectivity index (χ0v) is 18.7. The fourth-order valence-electron chi connectivity index (χ4n) is 4.46. The lowest BCUT2D eigenvalue weighted by Gasteiger charge is -2.28. The summed E-state index contributed by atoms with van der Waals surface area (Å²) in [5.74, 6) is -0.115.